The van der Waals surface area contributed by atoms with Crippen LogP contribution >= 0.6 is 11.6 Å². The Labute approximate surface area is 133 Å². The Morgan fingerprint density at radius 1 is 1.24 bits per heavy atom. The van der Waals surface area contributed by atoms with Gasteiger partial charge in [-0.3, -0.25) is 4.90 Å². The van der Waals surface area contributed by atoms with Crippen LogP contribution in [0.2, 0.25) is 5.02 Å². The lowest BCUT2D eigenvalue weighted by molar-refractivity contribution is 0.118. The van der Waals surface area contributed by atoms with Crippen molar-refractivity contribution in [1.82, 2.24) is 4.90 Å². The summed E-state index contributed by atoms with van der Waals surface area (Å²) in [5, 5.41) is 0.794. The van der Waals surface area contributed by atoms with Gasteiger partial charge in [0.05, 0.1) is 0 Å². The molecule has 1 saturated heterocycles. The van der Waals surface area contributed by atoms with E-state index in [9.17, 15) is 0 Å². The summed E-state index contributed by atoms with van der Waals surface area (Å²) in [5.74, 6) is 0. The summed E-state index contributed by atoms with van der Waals surface area (Å²) >= 11 is 6.02. The molecule has 2 fully saturated rings. The molecule has 0 radical (unpaired) electrons. The van der Waals surface area contributed by atoms with Gasteiger partial charge in [0.25, 0.3) is 0 Å². The fraction of sp³-hybridized carbons (Fsp3) is 0.667. The molecule has 1 aliphatic heterocycles. The number of hydrogen-bond donors (Lipinski definition) is 1. The van der Waals surface area contributed by atoms with Crippen molar-refractivity contribution in [2.24, 2.45) is 16.6 Å². The van der Waals surface area contributed by atoms with Gasteiger partial charge in [0, 0.05) is 30.2 Å². The third kappa shape index (κ3) is 2.99. The van der Waals surface area contributed by atoms with Gasteiger partial charge in [-0.25, -0.2) is 0 Å². The first-order valence-corrected chi connectivity index (χ1v) is 8.41. The third-order valence-corrected chi connectivity index (χ3v) is 5.59. The Bertz CT molecular complexity index is 510. The van der Waals surface area contributed by atoms with Crippen molar-refractivity contribution >= 4 is 11.6 Å². The summed E-state index contributed by atoms with van der Waals surface area (Å²) in [7, 11) is 0. The molecule has 2 nitrogen and oxygen atoms in total. The number of halogens is 1. The number of rotatable bonds is 3. The van der Waals surface area contributed by atoms with E-state index in [1.165, 1.54) is 31.4 Å². The fourth-order valence-corrected chi connectivity index (χ4v) is 5.14. The molecule has 21 heavy (non-hydrogen) atoms. The Kier molecular flexibility index (Phi) is 3.84. The molecule has 3 atom stereocenters. The Morgan fingerprint density at radius 2 is 1.90 bits per heavy atom. The van der Waals surface area contributed by atoms with Crippen LogP contribution in [0.1, 0.15) is 51.6 Å². The summed E-state index contributed by atoms with van der Waals surface area (Å²) < 4.78 is 0. The highest BCUT2D eigenvalue weighted by molar-refractivity contribution is 6.30. The molecular formula is C18H27ClN2. The number of fused-ring (bicyclic) bond motifs is 2. The summed E-state index contributed by atoms with van der Waals surface area (Å²) in [6.07, 6.45) is 3.93. The zero-order valence-corrected chi connectivity index (χ0v) is 14.2. The van der Waals surface area contributed by atoms with Gasteiger partial charge in [0.1, 0.15) is 0 Å². The number of nitrogens with two attached hydrogens (primary N) is 1. The average molecular weight is 307 g/mol. The highest BCUT2D eigenvalue weighted by Crippen LogP contribution is 2.54. The fourth-order valence-electron chi connectivity index (χ4n) is 5.02. The zero-order chi connectivity index (χ0) is 15.3. The highest BCUT2D eigenvalue weighted by atomic mass is 35.5. The molecule has 1 aromatic rings. The molecule has 1 aliphatic carbocycles. The zero-order valence-electron chi connectivity index (χ0n) is 13.4. The van der Waals surface area contributed by atoms with Crippen LogP contribution in [0.3, 0.4) is 0 Å². The Morgan fingerprint density at radius 3 is 2.52 bits per heavy atom. The van der Waals surface area contributed by atoms with Crippen molar-refractivity contribution in [3.63, 3.8) is 0 Å². The van der Waals surface area contributed by atoms with Gasteiger partial charge < -0.3 is 5.73 Å². The second kappa shape index (κ2) is 5.26. The van der Waals surface area contributed by atoms with Crippen LogP contribution in [0.4, 0.5) is 0 Å². The minimum Gasteiger partial charge on any atom is -0.329 e. The lowest BCUT2D eigenvalue weighted by Gasteiger charge is -2.40. The van der Waals surface area contributed by atoms with Crippen LogP contribution in [0.25, 0.3) is 0 Å². The molecule has 116 valence electrons. The van der Waals surface area contributed by atoms with Crippen LogP contribution < -0.4 is 5.73 Å². The maximum Gasteiger partial charge on any atom is 0.0473 e. The van der Waals surface area contributed by atoms with Crippen molar-refractivity contribution in [3.8, 4) is 0 Å². The average Bonchev–Trinajstić information content (AvgIpc) is 2.62. The largest absolute Gasteiger partial charge is 0.329 e. The number of benzene rings is 1. The van der Waals surface area contributed by atoms with Gasteiger partial charge in [-0.05, 0) is 47.8 Å². The van der Waals surface area contributed by atoms with Crippen molar-refractivity contribution in [2.45, 2.75) is 52.1 Å². The second-order valence-corrected chi connectivity index (χ2v) is 8.63. The predicted molar refractivity (Wildman–Crippen MR) is 89.5 cm³/mol. The van der Waals surface area contributed by atoms with E-state index in [-0.39, 0.29) is 0 Å². The number of likely N-dealkylation sites (tertiary alicyclic amines) is 1. The minimum absolute atomic E-state index is 0.322. The first kappa shape index (κ1) is 15.3. The Hall–Kier alpha value is -0.570. The summed E-state index contributed by atoms with van der Waals surface area (Å²) in [5.41, 5.74) is 8.34. The quantitative estimate of drug-likeness (QED) is 0.905. The lowest BCUT2D eigenvalue weighted by Crippen LogP contribution is -2.39. The van der Waals surface area contributed by atoms with E-state index in [0.29, 0.717) is 29.5 Å². The molecular weight excluding hydrogens is 280 g/mol. The standard InChI is InChI=1S/C18H27ClN2/c1-17(2)8-15-9-18(3,11-17)12-21(15)16(10-20)13-4-6-14(19)7-5-13/h4-7,15-16H,8-12,20H2,1-3H3. The molecule has 2 bridgehead atoms. The first-order valence-electron chi connectivity index (χ1n) is 8.03. The van der Waals surface area contributed by atoms with Crippen LogP contribution in [0.15, 0.2) is 24.3 Å². The van der Waals surface area contributed by atoms with Crippen molar-refractivity contribution in [2.75, 3.05) is 13.1 Å². The van der Waals surface area contributed by atoms with E-state index in [1.54, 1.807) is 0 Å². The van der Waals surface area contributed by atoms with Gasteiger partial charge >= 0.3 is 0 Å². The van der Waals surface area contributed by atoms with Gasteiger partial charge in [0.15, 0.2) is 0 Å². The topological polar surface area (TPSA) is 29.3 Å². The molecule has 0 amide bonds. The highest BCUT2D eigenvalue weighted by Gasteiger charge is 2.51. The van der Waals surface area contributed by atoms with Gasteiger partial charge in [0.2, 0.25) is 0 Å². The van der Waals surface area contributed by atoms with Crippen LogP contribution in [0.5, 0.6) is 0 Å². The summed E-state index contributed by atoms with van der Waals surface area (Å²) in [6, 6.07) is 9.22. The minimum atomic E-state index is 0.322. The number of hydrogen-bond acceptors (Lipinski definition) is 2. The monoisotopic (exact) mass is 306 g/mol. The SMILES string of the molecule is CC1(C)CC2CC(C)(CN2C(CN)c2ccc(Cl)cc2)C1. The maximum atomic E-state index is 6.14. The molecule has 3 rings (SSSR count). The molecule has 1 saturated carbocycles. The van der Waals surface area contributed by atoms with Crippen molar-refractivity contribution < 1.29 is 0 Å². The second-order valence-electron chi connectivity index (χ2n) is 8.19. The Balaban J connectivity index is 1.87. The molecule has 3 heteroatoms. The van der Waals surface area contributed by atoms with Crippen LogP contribution in [0, 0.1) is 10.8 Å². The van der Waals surface area contributed by atoms with Crippen LogP contribution in [-0.2, 0) is 0 Å². The smallest absolute Gasteiger partial charge is 0.0473 e. The van der Waals surface area contributed by atoms with E-state index < -0.39 is 0 Å². The molecule has 1 aromatic carbocycles. The summed E-state index contributed by atoms with van der Waals surface area (Å²) in [4.78, 5) is 2.66. The molecule has 3 unspecified atom stereocenters. The molecule has 2 N–H and O–H groups in total. The van der Waals surface area contributed by atoms with Crippen molar-refractivity contribution in [3.05, 3.63) is 34.9 Å². The van der Waals surface area contributed by atoms with E-state index in [0.717, 1.165) is 5.02 Å². The van der Waals surface area contributed by atoms with Crippen molar-refractivity contribution in [1.29, 1.82) is 0 Å². The number of nitrogens with zero attached hydrogens (tertiary/aromatic N) is 1. The molecule has 0 spiro atoms. The first-order chi connectivity index (χ1) is 9.82. The van der Waals surface area contributed by atoms with E-state index in [2.05, 4.69) is 37.8 Å². The predicted octanol–water partition coefficient (Wildman–Crippen LogP) is 4.24. The molecule has 0 aromatic heterocycles. The maximum absolute atomic E-state index is 6.14. The van der Waals surface area contributed by atoms with E-state index >= 15 is 0 Å². The lowest BCUT2D eigenvalue weighted by atomic mass is 9.65. The molecule has 2 aliphatic rings. The molecule has 1 heterocycles. The van der Waals surface area contributed by atoms with Gasteiger partial charge in [-0.1, -0.05) is 44.5 Å². The van der Waals surface area contributed by atoms with Gasteiger partial charge in [-0.2, -0.15) is 0 Å². The van der Waals surface area contributed by atoms with Gasteiger partial charge in [-0.15, -0.1) is 0 Å². The third-order valence-electron chi connectivity index (χ3n) is 5.33. The normalized spacial score (nSPS) is 33.1. The van der Waals surface area contributed by atoms with E-state index in [4.69, 9.17) is 17.3 Å². The van der Waals surface area contributed by atoms with Crippen LogP contribution in [-0.4, -0.2) is 24.0 Å². The summed E-state index contributed by atoms with van der Waals surface area (Å²) in [6.45, 7) is 9.14. The van der Waals surface area contributed by atoms with E-state index in [1.807, 2.05) is 12.1 Å².